The third-order valence-electron chi connectivity index (χ3n) is 3.43. The van der Waals surface area contributed by atoms with E-state index in [0.29, 0.717) is 11.3 Å². The molecule has 1 N–H and O–H groups in total. The third kappa shape index (κ3) is 4.39. The van der Waals surface area contributed by atoms with Crippen LogP contribution in [0, 0.1) is 0 Å². The highest BCUT2D eigenvalue weighted by Gasteiger charge is 2.43. The molecule has 0 saturated carbocycles. The van der Waals surface area contributed by atoms with Crippen LogP contribution in [0.15, 0.2) is 18.2 Å². The summed E-state index contributed by atoms with van der Waals surface area (Å²) in [6.07, 6.45) is -5.29. The Balaban J connectivity index is 2.15. The minimum Gasteiger partial charge on any atom is -0.444 e. The van der Waals surface area contributed by atoms with Gasteiger partial charge in [0, 0.05) is 18.8 Å². The lowest BCUT2D eigenvalue weighted by molar-refractivity contribution is -0.186. The number of amides is 2. The van der Waals surface area contributed by atoms with E-state index < -0.39 is 23.8 Å². The van der Waals surface area contributed by atoms with Crippen LogP contribution < -0.4 is 5.32 Å². The Kier molecular flexibility index (Phi) is 4.77. The molecule has 0 saturated heterocycles. The standard InChI is InChI=1S/C16H19F3N2O3/c1-15(2,3)24-14(23)20-12-6-4-5-10-9-21(8-7-11(10)12)13(22)16(17,18)19/h4-6H,7-9H2,1-3H3,(H,20,23). The summed E-state index contributed by atoms with van der Waals surface area (Å²) in [5, 5.41) is 2.61. The summed E-state index contributed by atoms with van der Waals surface area (Å²) in [5.41, 5.74) is 1.12. The highest BCUT2D eigenvalue weighted by atomic mass is 19.4. The molecule has 0 radical (unpaired) electrons. The summed E-state index contributed by atoms with van der Waals surface area (Å²) in [7, 11) is 0. The average Bonchev–Trinajstić information content (AvgIpc) is 2.43. The van der Waals surface area contributed by atoms with Crippen LogP contribution in [0.1, 0.15) is 31.9 Å². The van der Waals surface area contributed by atoms with Gasteiger partial charge in [0.25, 0.3) is 0 Å². The second-order valence-electron chi connectivity index (χ2n) is 6.54. The third-order valence-corrected chi connectivity index (χ3v) is 3.43. The van der Waals surface area contributed by atoms with Crippen LogP contribution in [0.4, 0.5) is 23.7 Å². The molecule has 5 nitrogen and oxygen atoms in total. The lowest BCUT2D eigenvalue weighted by Crippen LogP contribution is -2.43. The molecule has 132 valence electrons. The Morgan fingerprint density at radius 2 is 1.88 bits per heavy atom. The second-order valence-corrected chi connectivity index (χ2v) is 6.54. The van der Waals surface area contributed by atoms with E-state index in [9.17, 15) is 22.8 Å². The minimum absolute atomic E-state index is 0.0572. The first-order valence-corrected chi connectivity index (χ1v) is 7.44. The molecular formula is C16H19F3N2O3. The molecule has 1 aromatic rings. The van der Waals surface area contributed by atoms with Crippen molar-refractivity contribution >= 4 is 17.7 Å². The highest BCUT2D eigenvalue weighted by Crippen LogP contribution is 2.29. The van der Waals surface area contributed by atoms with E-state index in [1.165, 1.54) is 0 Å². The first-order valence-electron chi connectivity index (χ1n) is 7.44. The van der Waals surface area contributed by atoms with Gasteiger partial charge < -0.3 is 9.64 Å². The van der Waals surface area contributed by atoms with E-state index in [4.69, 9.17) is 4.74 Å². The monoisotopic (exact) mass is 344 g/mol. The number of ether oxygens (including phenoxy) is 1. The first-order chi connectivity index (χ1) is 11.0. The van der Waals surface area contributed by atoms with Gasteiger partial charge in [0.05, 0.1) is 0 Å². The molecular weight excluding hydrogens is 325 g/mol. The fraction of sp³-hybridized carbons (Fsp3) is 0.500. The zero-order valence-electron chi connectivity index (χ0n) is 13.7. The van der Waals surface area contributed by atoms with Crippen molar-refractivity contribution in [3.8, 4) is 0 Å². The molecule has 24 heavy (non-hydrogen) atoms. The van der Waals surface area contributed by atoms with Gasteiger partial charge in [0.1, 0.15) is 5.60 Å². The van der Waals surface area contributed by atoms with Crippen molar-refractivity contribution in [2.45, 2.75) is 45.5 Å². The van der Waals surface area contributed by atoms with E-state index >= 15 is 0 Å². The topological polar surface area (TPSA) is 58.6 Å². The van der Waals surface area contributed by atoms with Gasteiger partial charge in [-0.15, -0.1) is 0 Å². The SMILES string of the molecule is CC(C)(C)OC(=O)Nc1cccc2c1CCN(C(=O)C(F)(F)F)C2. The molecule has 2 amide bonds. The van der Waals surface area contributed by atoms with Crippen molar-refractivity contribution in [3.05, 3.63) is 29.3 Å². The zero-order valence-corrected chi connectivity index (χ0v) is 13.7. The quantitative estimate of drug-likeness (QED) is 0.848. The van der Waals surface area contributed by atoms with E-state index in [1.54, 1.807) is 39.0 Å². The van der Waals surface area contributed by atoms with Gasteiger partial charge in [0.2, 0.25) is 0 Å². The molecule has 0 atom stereocenters. The summed E-state index contributed by atoms with van der Waals surface area (Å²) in [6, 6.07) is 4.92. The molecule has 1 aromatic carbocycles. The summed E-state index contributed by atoms with van der Waals surface area (Å²) in [5.74, 6) is -1.85. The van der Waals surface area contributed by atoms with Crippen LogP contribution >= 0.6 is 0 Å². The molecule has 0 bridgehead atoms. The van der Waals surface area contributed by atoms with Gasteiger partial charge in [-0.2, -0.15) is 13.2 Å². The van der Waals surface area contributed by atoms with Gasteiger partial charge in [-0.05, 0) is 44.4 Å². The maximum Gasteiger partial charge on any atom is 0.471 e. The predicted octanol–water partition coefficient (Wildman–Crippen LogP) is 3.48. The Labute approximate surface area is 137 Å². The number of carbonyl (C=O) groups excluding carboxylic acids is 2. The Bertz CT molecular complexity index is 651. The predicted molar refractivity (Wildman–Crippen MR) is 81.5 cm³/mol. The Morgan fingerprint density at radius 1 is 1.21 bits per heavy atom. The first kappa shape index (κ1) is 18.1. The molecule has 0 aromatic heterocycles. The fourth-order valence-corrected chi connectivity index (χ4v) is 2.49. The largest absolute Gasteiger partial charge is 0.471 e. The number of nitrogens with zero attached hydrogens (tertiary/aromatic N) is 1. The molecule has 0 spiro atoms. The Morgan fingerprint density at radius 3 is 2.46 bits per heavy atom. The van der Waals surface area contributed by atoms with E-state index in [1.807, 2.05) is 0 Å². The smallest absolute Gasteiger partial charge is 0.444 e. The van der Waals surface area contributed by atoms with E-state index in [-0.39, 0.29) is 19.5 Å². The van der Waals surface area contributed by atoms with Crippen molar-refractivity contribution in [1.29, 1.82) is 0 Å². The van der Waals surface area contributed by atoms with Gasteiger partial charge in [-0.3, -0.25) is 10.1 Å². The summed E-state index contributed by atoms with van der Waals surface area (Å²) in [6.45, 7) is 4.99. The van der Waals surface area contributed by atoms with Gasteiger partial charge in [-0.25, -0.2) is 4.79 Å². The summed E-state index contributed by atoms with van der Waals surface area (Å²) in [4.78, 5) is 24.0. The van der Waals surface area contributed by atoms with Gasteiger partial charge in [-0.1, -0.05) is 12.1 Å². The molecule has 1 aliphatic heterocycles. The van der Waals surface area contributed by atoms with Crippen LogP contribution in [0.25, 0.3) is 0 Å². The molecule has 2 rings (SSSR count). The summed E-state index contributed by atoms with van der Waals surface area (Å²) < 4.78 is 42.8. The molecule has 0 fully saturated rings. The van der Waals surface area contributed by atoms with Crippen molar-refractivity contribution < 1.29 is 27.5 Å². The zero-order chi connectivity index (χ0) is 18.1. The maximum absolute atomic E-state index is 12.6. The number of fused-ring (bicyclic) bond motifs is 1. The number of hydrogen-bond acceptors (Lipinski definition) is 3. The van der Waals surface area contributed by atoms with Crippen molar-refractivity contribution in [3.63, 3.8) is 0 Å². The van der Waals surface area contributed by atoms with Crippen molar-refractivity contribution in [1.82, 2.24) is 4.90 Å². The maximum atomic E-state index is 12.6. The highest BCUT2D eigenvalue weighted by molar-refractivity contribution is 5.87. The van der Waals surface area contributed by atoms with Crippen LogP contribution in [-0.4, -0.2) is 35.2 Å². The van der Waals surface area contributed by atoms with Gasteiger partial charge >= 0.3 is 18.2 Å². The van der Waals surface area contributed by atoms with Crippen LogP contribution in [0.3, 0.4) is 0 Å². The molecule has 8 heteroatoms. The number of nitrogens with one attached hydrogen (secondary N) is 1. The Hall–Kier alpha value is -2.25. The molecule has 1 heterocycles. The summed E-state index contributed by atoms with van der Waals surface area (Å²) >= 11 is 0. The minimum atomic E-state index is -4.89. The van der Waals surface area contributed by atoms with Crippen LogP contribution in [0.2, 0.25) is 0 Å². The number of benzene rings is 1. The normalized spacial score (nSPS) is 14.8. The number of alkyl halides is 3. The second kappa shape index (κ2) is 6.33. The lowest BCUT2D eigenvalue weighted by atomic mass is 9.97. The lowest BCUT2D eigenvalue weighted by Gasteiger charge is -2.30. The number of halogens is 3. The van der Waals surface area contributed by atoms with E-state index in [0.717, 1.165) is 10.5 Å². The number of anilines is 1. The fourth-order valence-electron chi connectivity index (χ4n) is 2.49. The number of hydrogen-bond donors (Lipinski definition) is 1. The molecule has 0 unspecified atom stereocenters. The van der Waals surface area contributed by atoms with Crippen LogP contribution in [-0.2, 0) is 22.5 Å². The van der Waals surface area contributed by atoms with Crippen molar-refractivity contribution in [2.75, 3.05) is 11.9 Å². The van der Waals surface area contributed by atoms with Crippen molar-refractivity contribution in [2.24, 2.45) is 0 Å². The number of rotatable bonds is 1. The van der Waals surface area contributed by atoms with Gasteiger partial charge in [0.15, 0.2) is 0 Å². The molecule has 1 aliphatic rings. The van der Waals surface area contributed by atoms with Crippen LogP contribution in [0.5, 0.6) is 0 Å². The van der Waals surface area contributed by atoms with E-state index in [2.05, 4.69) is 5.32 Å². The molecule has 0 aliphatic carbocycles. The number of carbonyl (C=O) groups is 2. The average molecular weight is 344 g/mol.